The smallest absolute Gasteiger partial charge is 0.306 e. The summed E-state index contributed by atoms with van der Waals surface area (Å²) in [5.41, 5.74) is 0. The van der Waals surface area contributed by atoms with Gasteiger partial charge in [-0.25, -0.2) is 0 Å². The Morgan fingerprint density at radius 2 is 0.481 bits per heavy atom. The quantitative estimate of drug-likeness (QED) is 0.0261. The number of rotatable bonds is 60. The lowest BCUT2D eigenvalue weighted by molar-refractivity contribution is -0.167. The predicted octanol–water partition coefficient (Wildman–Crippen LogP) is 23.3. The van der Waals surface area contributed by atoms with E-state index >= 15 is 0 Å². The Labute approximate surface area is 500 Å². The van der Waals surface area contributed by atoms with Gasteiger partial charge in [-0.05, 0) is 122 Å². The van der Waals surface area contributed by atoms with Crippen molar-refractivity contribution in [2.24, 2.45) is 0 Å². The molecule has 0 bridgehead atoms. The van der Waals surface area contributed by atoms with Crippen molar-refractivity contribution in [3.8, 4) is 0 Å². The molecule has 1 atom stereocenters. The minimum atomic E-state index is -0.794. The van der Waals surface area contributed by atoms with Crippen molar-refractivity contribution < 1.29 is 28.6 Å². The van der Waals surface area contributed by atoms with Gasteiger partial charge in [0.1, 0.15) is 13.2 Å². The molecule has 0 fully saturated rings. The Morgan fingerprint density at radius 1 is 0.259 bits per heavy atom. The molecule has 0 radical (unpaired) electrons. The van der Waals surface area contributed by atoms with Gasteiger partial charge in [-0.2, -0.15) is 0 Å². The topological polar surface area (TPSA) is 78.9 Å². The SMILES string of the molecule is CC/C=C\C/C=C\C/C=C\C/C=C\C/C=C\C/C=C\C/C=C\C/C=C\C/C=C\C/C=C\CCCCCCC(=O)OCC(COC(=O)CCCCCCC/C=C\CCCCC)OC(=O)CCCCCCCCCCCCCCCCCC. The van der Waals surface area contributed by atoms with Gasteiger partial charge in [0.15, 0.2) is 6.10 Å². The minimum absolute atomic E-state index is 0.0904. The van der Waals surface area contributed by atoms with Crippen molar-refractivity contribution >= 4 is 17.9 Å². The lowest BCUT2D eigenvalue weighted by atomic mass is 10.0. The normalized spacial score (nSPS) is 13.0. The van der Waals surface area contributed by atoms with Crippen LogP contribution in [-0.2, 0) is 28.6 Å². The van der Waals surface area contributed by atoms with Crippen molar-refractivity contribution in [2.45, 2.75) is 309 Å². The molecular weight excluding hydrogens is 997 g/mol. The Hall–Kier alpha value is -4.45. The van der Waals surface area contributed by atoms with E-state index in [1.165, 1.54) is 122 Å². The first-order chi connectivity index (χ1) is 40.0. The van der Waals surface area contributed by atoms with Gasteiger partial charge in [0.25, 0.3) is 0 Å². The van der Waals surface area contributed by atoms with Gasteiger partial charge in [0.2, 0.25) is 0 Å². The minimum Gasteiger partial charge on any atom is -0.462 e. The van der Waals surface area contributed by atoms with Crippen LogP contribution < -0.4 is 0 Å². The van der Waals surface area contributed by atoms with Crippen LogP contribution in [0.15, 0.2) is 134 Å². The fourth-order valence-electron chi connectivity index (χ4n) is 9.11. The number of esters is 3. The number of ether oxygens (including phenoxy) is 3. The fraction of sp³-hybridized carbons (Fsp3) is 0.667. The Kier molecular flexibility index (Phi) is 64.3. The second-order valence-corrected chi connectivity index (χ2v) is 22.0. The van der Waals surface area contributed by atoms with E-state index in [-0.39, 0.29) is 31.1 Å². The molecule has 6 heteroatoms. The summed E-state index contributed by atoms with van der Waals surface area (Å²) in [6, 6.07) is 0. The Bertz CT molecular complexity index is 1720. The number of carbonyl (C=O) groups is 3. The average molecular weight is 1120 g/mol. The molecule has 0 heterocycles. The van der Waals surface area contributed by atoms with Crippen LogP contribution in [0, 0.1) is 0 Å². The maximum atomic E-state index is 12.9. The number of carbonyl (C=O) groups excluding carboxylic acids is 3. The Morgan fingerprint density at radius 3 is 0.790 bits per heavy atom. The summed E-state index contributed by atoms with van der Waals surface area (Å²) >= 11 is 0. The first-order valence-corrected chi connectivity index (χ1v) is 33.7. The molecule has 0 aliphatic rings. The summed E-state index contributed by atoms with van der Waals surface area (Å²) in [6.07, 6.45) is 96.1. The highest BCUT2D eigenvalue weighted by Gasteiger charge is 2.19. The summed E-state index contributed by atoms with van der Waals surface area (Å²) in [4.78, 5) is 38.3. The average Bonchev–Trinajstić information content (AvgIpc) is 3.47. The van der Waals surface area contributed by atoms with Crippen LogP contribution in [0.2, 0.25) is 0 Å². The van der Waals surface area contributed by atoms with Crippen LogP contribution in [0.3, 0.4) is 0 Å². The molecule has 0 saturated carbocycles. The van der Waals surface area contributed by atoms with Crippen LogP contribution in [0.1, 0.15) is 303 Å². The molecule has 0 rings (SSSR count). The van der Waals surface area contributed by atoms with Crippen molar-refractivity contribution in [1.82, 2.24) is 0 Å². The van der Waals surface area contributed by atoms with E-state index < -0.39 is 6.10 Å². The van der Waals surface area contributed by atoms with Gasteiger partial charge in [0.05, 0.1) is 0 Å². The zero-order chi connectivity index (χ0) is 58.5. The number of unbranched alkanes of at least 4 members (excludes halogenated alkanes) is 27. The highest BCUT2D eigenvalue weighted by molar-refractivity contribution is 5.71. The van der Waals surface area contributed by atoms with E-state index in [2.05, 4.69) is 154 Å². The molecule has 6 nitrogen and oxygen atoms in total. The number of hydrogen-bond acceptors (Lipinski definition) is 6. The predicted molar refractivity (Wildman–Crippen MR) is 353 cm³/mol. The van der Waals surface area contributed by atoms with Gasteiger partial charge in [-0.1, -0.05) is 296 Å². The highest BCUT2D eigenvalue weighted by Crippen LogP contribution is 2.16. The highest BCUT2D eigenvalue weighted by atomic mass is 16.6. The third kappa shape index (κ3) is 66.2. The molecule has 0 N–H and O–H groups in total. The van der Waals surface area contributed by atoms with Crippen LogP contribution in [-0.4, -0.2) is 37.2 Å². The zero-order valence-electron chi connectivity index (χ0n) is 52.8. The summed E-state index contributed by atoms with van der Waals surface area (Å²) in [6.45, 7) is 6.49. The fourth-order valence-corrected chi connectivity index (χ4v) is 9.11. The van der Waals surface area contributed by atoms with E-state index in [0.717, 1.165) is 141 Å². The molecule has 0 aliphatic heterocycles. The maximum absolute atomic E-state index is 12.9. The number of hydrogen-bond donors (Lipinski definition) is 0. The van der Waals surface area contributed by atoms with Crippen LogP contribution >= 0.6 is 0 Å². The van der Waals surface area contributed by atoms with E-state index in [0.29, 0.717) is 19.3 Å². The molecule has 81 heavy (non-hydrogen) atoms. The maximum Gasteiger partial charge on any atom is 0.306 e. The first-order valence-electron chi connectivity index (χ1n) is 33.7. The third-order valence-corrected chi connectivity index (χ3v) is 14.1. The molecular formula is C75H124O6. The molecule has 1 unspecified atom stereocenters. The molecule has 0 spiro atoms. The van der Waals surface area contributed by atoms with Crippen molar-refractivity contribution in [1.29, 1.82) is 0 Å². The van der Waals surface area contributed by atoms with Gasteiger partial charge >= 0.3 is 17.9 Å². The van der Waals surface area contributed by atoms with Crippen LogP contribution in [0.5, 0.6) is 0 Å². The van der Waals surface area contributed by atoms with Crippen LogP contribution in [0.25, 0.3) is 0 Å². The van der Waals surface area contributed by atoms with Gasteiger partial charge in [-0.3, -0.25) is 14.4 Å². The summed E-state index contributed by atoms with van der Waals surface area (Å²) < 4.78 is 16.9. The summed E-state index contributed by atoms with van der Waals surface area (Å²) in [7, 11) is 0. The summed E-state index contributed by atoms with van der Waals surface area (Å²) in [5, 5.41) is 0. The largest absolute Gasteiger partial charge is 0.462 e. The van der Waals surface area contributed by atoms with E-state index in [1.807, 2.05) is 0 Å². The second-order valence-electron chi connectivity index (χ2n) is 22.0. The third-order valence-electron chi connectivity index (χ3n) is 14.1. The standard InChI is InChI=1S/C75H124O6/c1-4-7-10-13-16-19-22-25-27-29-30-31-32-33-34-35-36-37-38-39-40-41-42-43-44-45-46-47-49-50-53-56-59-62-65-68-74(77)80-71-72(70-79-73(76)67-64-61-58-55-52-24-21-18-15-12-9-6-3)81-75(78)69-66-63-60-57-54-51-48-28-26-23-20-17-14-11-8-5-2/h7,10,16,18-19,21,25,27,30-31,33-34,36-37,39-40,42-43,45-46,49-50,72H,4-6,8-9,11-15,17,20,22-24,26,28-29,32,35,38,41,44,47-48,51-71H2,1-3H3/b10-7-,19-16-,21-18-,27-25-,31-30-,34-33-,37-36-,40-39-,43-42-,46-45-,50-49-. The lowest BCUT2D eigenvalue weighted by Crippen LogP contribution is -2.30. The van der Waals surface area contributed by atoms with Crippen molar-refractivity contribution in [3.63, 3.8) is 0 Å². The number of allylic oxidation sites excluding steroid dienone is 22. The van der Waals surface area contributed by atoms with Gasteiger partial charge < -0.3 is 14.2 Å². The lowest BCUT2D eigenvalue weighted by Gasteiger charge is -2.18. The molecule has 0 saturated heterocycles. The van der Waals surface area contributed by atoms with Crippen LogP contribution in [0.4, 0.5) is 0 Å². The van der Waals surface area contributed by atoms with Gasteiger partial charge in [-0.15, -0.1) is 0 Å². The van der Waals surface area contributed by atoms with E-state index in [4.69, 9.17) is 14.2 Å². The van der Waals surface area contributed by atoms with E-state index in [9.17, 15) is 14.4 Å². The van der Waals surface area contributed by atoms with Crippen molar-refractivity contribution in [2.75, 3.05) is 13.2 Å². The zero-order valence-corrected chi connectivity index (χ0v) is 52.8. The molecule has 0 amide bonds. The molecule has 0 aliphatic carbocycles. The van der Waals surface area contributed by atoms with E-state index in [1.54, 1.807) is 0 Å². The monoisotopic (exact) mass is 1120 g/mol. The molecule has 0 aromatic heterocycles. The summed E-state index contributed by atoms with van der Waals surface area (Å²) in [5.74, 6) is -0.918. The van der Waals surface area contributed by atoms with Gasteiger partial charge in [0, 0.05) is 19.3 Å². The molecule has 0 aromatic carbocycles. The van der Waals surface area contributed by atoms with Crippen molar-refractivity contribution in [3.05, 3.63) is 134 Å². The molecule has 460 valence electrons. The molecule has 0 aromatic rings. The first kappa shape index (κ1) is 76.5. The Balaban J connectivity index is 4.30. The second kappa shape index (κ2) is 68.1.